The first-order chi connectivity index (χ1) is 14.1. The fraction of sp³-hybridized carbons (Fsp3) is 0.143. The Morgan fingerprint density at radius 3 is 2.83 bits per heavy atom. The highest BCUT2D eigenvalue weighted by atomic mass is 32.1. The summed E-state index contributed by atoms with van der Waals surface area (Å²) >= 11 is 1.32. The number of carbonyl (C=O) groups is 2. The van der Waals surface area contributed by atoms with Crippen LogP contribution in [0.25, 0.3) is 22.4 Å². The number of thiazole rings is 1. The van der Waals surface area contributed by atoms with Gasteiger partial charge in [0.05, 0.1) is 11.3 Å². The van der Waals surface area contributed by atoms with Gasteiger partial charge >= 0.3 is 5.97 Å². The second-order valence-electron chi connectivity index (χ2n) is 6.23. The van der Waals surface area contributed by atoms with Crippen molar-refractivity contribution in [1.82, 2.24) is 9.97 Å². The van der Waals surface area contributed by atoms with E-state index in [0.717, 1.165) is 11.3 Å². The lowest BCUT2D eigenvalue weighted by Gasteiger charge is -2.15. The first kappa shape index (κ1) is 18.8. The highest BCUT2D eigenvalue weighted by Gasteiger charge is 2.23. The standard InChI is InChI=1S/C21H17N3O4S/c1-2-17(28-20(26)14-8-9-15-18(10-14)27-12-22-15)19(25)24-21-23-16(11-29-21)13-6-4-3-5-7-13/h3-12,17H,2H2,1H3,(H,23,24,25). The van der Waals surface area contributed by atoms with E-state index in [2.05, 4.69) is 15.3 Å². The highest BCUT2D eigenvalue weighted by Crippen LogP contribution is 2.25. The molecule has 1 unspecified atom stereocenters. The molecule has 1 N–H and O–H groups in total. The number of rotatable bonds is 6. The van der Waals surface area contributed by atoms with Crippen LogP contribution in [-0.4, -0.2) is 27.9 Å². The molecule has 0 aliphatic heterocycles. The number of fused-ring (bicyclic) bond motifs is 1. The number of ether oxygens (including phenoxy) is 1. The molecule has 2 aromatic heterocycles. The Balaban J connectivity index is 1.43. The van der Waals surface area contributed by atoms with Crippen LogP contribution >= 0.6 is 11.3 Å². The van der Waals surface area contributed by atoms with E-state index in [1.54, 1.807) is 25.1 Å². The van der Waals surface area contributed by atoms with Crippen molar-refractivity contribution in [3.63, 3.8) is 0 Å². The lowest BCUT2D eigenvalue weighted by molar-refractivity contribution is -0.124. The largest absolute Gasteiger partial charge is 0.449 e. The van der Waals surface area contributed by atoms with Gasteiger partial charge in [-0.05, 0) is 24.6 Å². The van der Waals surface area contributed by atoms with Crippen LogP contribution in [0.1, 0.15) is 23.7 Å². The van der Waals surface area contributed by atoms with Gasteiger partial charge in [0.25, 0.3) is 5.91 Å². The average Bonchev–Trinajstić information content (AvgIpc) is 3.41. The predicted octanol–water partition coefficient (Wildman–Crippen LogP) is 4.53. The number of aromatic nitrogens is 2. The maximum Gasteiger partial charge on any atom is 0.339 e. The molecule has 0 aliphatic carbocycles. The minimum atomic E-state index is -0.933. The Morgan fingerprint density at radius 2 is 2.03 bits per heavy atom. The minimum absolute atomic E-state index is 0.293. The number of anilines is 1. The van der Waals surface area contributed by atoms with Gasteiger partial charge in [0, 0.05) is 10.9 Å². The molecule has 0 spiro atoms. The SMILES string of the molecule is CCC(OC(=O)c1ccc2ncoc2c1)C(=O)Nc1nc(-c2ccccc2)cs1. The van der Waals surface area contributed by atoms with Crippen molar-refractivity contribution in [1.29, 1.82) is 0 Å². The van der Waals surface area contributed by atoms with Crippen molar-refractivity contribution in [2.24, 2.45) is 0 Å². The zero-order chi connectivity index (χ0) is 20.2. The van der Waals surface area contributed by atoms with Crippen LogP contribution in [0.3, 0.4) is 0 Å². The molecule has 2 aromatic carbocycles. The molecule has 1 amide bonds. The molecule has 0 bridgehead atoms. The Hall–Kier alpha value is -3.52. The number of esters is 1. The first-order valence-electron chi connectivity index (χ1n) is 9.00. The van der Waals surface area contributed by atoms with Crippen molar-refractivity contribution >= 4 is 39.4 Å². The molecule has 0 aliphatic rings. The van der Waals surface area contributed by atoms with Crippen LogP contribution in [0.4, 0.5) is 5.13 Å². The molecule has 2 heterocycles. The molecule has 0 radical (unpaired) electrons. The third-order valence-electron chi connectivity index (χ3n) is 4.28. The number of amides is 1. The average molecular weight is 407 g/mol. The van der Waals surface area contributed by atoms with E-state index < -0.39 is 18.0 Å². The molecule has 4 aromatic rings. The summed E-state index contributed by atoms with van der Waals surface area (Å²) in [6, 6.07) is 14.5. The van der Waals surface area contributed by atoms with Gasteiger partial charge in [-0.15, -0.1) is 11.3 Å². The number of nitrogens with one attached hydrogen (secondary N) is 1. The lowest BCUT2D eigenvalue weighted by Crippen LogP contribution is -2.32. The van der Waals surface area contributed by atoms with E-state index in [9.17, 15) is 9.59 Å². The van der Waals surface area contributed by atoms with E-state index in [0.29, 0.717) is 28.2 Å². The summed E-state index contributed by atoms with van der Waals surface area (Å²) in [6.45, 7) is 1.77. The highest BCUT2D eigenvalue weighted by molar-refractivity contribution is 7.14. The summed E-state index contributed by atoms with van der Waals surface area (Å²) in [6.07, 6.45) is 0.704. The molecule has 7 nitrogen and oxygen atoms in total. The van der Waals surface area contributed by atoms with Gasteiger partial charge in [-0.2, -0.15) is 0 Å². The molecule has 0 saturated carbocycles. The van der Waals surface area contributed by atoms with Gasteiger partial charge < -0.3 is 9.15 Å². The minimum Gasteiger partial charge on any atom is -0.449 e. The van der Waals surface area contributed by atoms with Crippen LogP contribution in [0, 0.1) is 0 Å². The van der Waals surface area contributed by atoms with Crippen molar-refractivity contribution in [2.45, 2.75) is 19.4 Å². The Labute approximate surface area is 170 Å². The Kier molecular flexibility index (Phi) is 5.35. The van der Waals surface area contributed by atoms with Crippen molar-refractivity contribution in [3.8, 4) is 11.3 Å². The molecule has 0 saturated heterocycles. The zero-order valence-electron chi connectivity index (χ0n) is 15.5. The zero-order valence-corrected chi connectivity index (χ0v) is 16.3. The number of nitrogens with zero attached hydrogens (tertiary/aromatic N) is 2. The lowest BCUT2D eigenvalue weighted by atomic mass is 10.2. The monoisotopic (exact) mass is 407 g/mol. The second-order valence-corrected chi connectivity index (χ2v) is 7.09. The van der Waals surface area contributed by atoms with Crippen molar-refractivity contribution < 1.29 is 18.7 Å². The number of oxazole rings is 1. The summed E-state index contributed by atoms with van der Waals surface area (Å²) in [7, 11) is 0. The third-order valence-corrected chi connectivity index (χ3v) is 5.04. The molecule has 1 atom stereocenters. The molecule has 8 heteroatoms. The molecule has 0 fully saturated rings. The smallest absolute Gasteiger partial charge is 0.339 e. The predicted molar refractivity (Wildman–Crippen MR) is 110 cm³/mol. The summed E-state index contributed by atoms with van der Waals surface area (Å²) in [4.78, 5) is 33.5. The van der Waals surface area contributed by atoms with Gasteiger partial charge in [-0.1, -0.05) is 37.3 Å². The van der Waals surface area contributed by atoms with Gasteiger partial charge in [-0.3, -0.25) is 10.1 Å². The summed E-state index contributed by atoms with van der Waals surface area (Å²) in [5.74, 6) is -1.02. The van der Waals surface area contributed by atoms with E-state index in [4.69, 9.17) is 9.15 Å². The normalized spacial score (nSPS) is 11.9. The molecule has 29 heavy (non-hydrogen) atoms. The third kappa shape index (κ3) is 4.17. The Morgan fingerprint density at radius 1 is 1.21 bits per heavy atom. The summed E-state index contributed by atoms with van der Waals surface area (Å²) in [5, 5.41) is 5.04. The van der Waals surface area contributed by atoms with Crippen LogP contribution in [0.2, 0.25) is 0 Å². The number of benzene rings is 2. The fourth-order valence-electron chi connectivity index (χ4n) is 2.76. The summed E-state index contributed by atoms with van der Waals surface area (Å²) < 4.78 is 10.6. The molecular weight excluding hydrogens is 390 g/mol. The molecule has 146 valence electrons. The van der Waals surface area contributed by atoms with E-state index in [-0.39, 0.29) is 0 Å². The quantitative estimate of drug-likeness (QED) is 0.472. The number of carbonyl (C=O) groups excluding carboxylic acids is 2. The maximum atomic E-state index is 12.6. The van der Waals surface area contributed by atoms with Gasteiger partial charge in [0.15, 0.2) is 23.2 Å². The maximum absolute atomic E-state index is 12.6. The van der Waals surface area contributed by atoms with Crippen LogP contribution in [0.15, 0.2) is 64.7 Å². The summed E-state index contributed by atoms with van der Waals surface area (Å²) in [5.41, 5.74) is 3.15. The Bertz CT molecular complexity index is 1150. The van der Waals surface area contributed by atoms with Crippen molar-refractivity contribution in [3.05, 3.63) is 65.9 Å². The number of hydrogen-bond acceptors (Lipinski definition) is 7. The second kappa shape index (κ2) is 8.24. The van der Waals surface area contributed by atoms with Gasteiger partial charge in [0.2, 0.25) is 0 Å². The van der Waals surface area contributed by atoms with E-state index >= 15 is 0 Å². The van der Waals surface area contributed by atoms with Crippen LogP contribution in [-0.2, 0) is 9.53 Å². The number of hydrogen-bond donors (Lipinski definition) is 1. The van der Waals surface area contributed by atoms with E-state index in [1.807, 2.05) is 35.7 Å². The molecule has 4 rings (SSSR count). The fourth-order valence-corrected chi connectivity index (χ4v) is 3.48. The topological polar surface area (TPSA) is 94.3 Å². The van der Waals surface area contributed by atoms with Gasteiger partial charge in [-0.25, -0.2) is 14.8 Å². The van der Waals surface area contributed by atoms with E-state index in [1.165, 1.54) is 17.7 Å². The molecular formula is C21H17N3O4S. The van der Waals surface area contributed by atoms with Crippen LogP contribution in [0.5, 0.6) is 0 Å². The van der Waals surface area contributed by atoms with Crippen molar-refractivity contribution in [2.75, 3.05) is 5.32 Å². The van der Waals surface area contributed by atoms with Crippen LogP contribution < -0.4 is 5.32 Å². The van der Waals surface area contributed by atoms with Gasteiger partial charge in [0.1, 0.15) is 5.52 Å². The first-order valence-corrected chi connectivity index (χ1v) is 9.88.